The van der Waals surface area contributed by atoms with Crippen LogP contribution < -0.4 is 11.1 Å². The van der Waals surface area contributed by atoms with E-state index >= 15 is 0 Å². The molecule has 1 aliphatic rings. The Bertz CT molecular complexity index is 527. The number of hydrogen-bond acceptors (Lipinski definition) is 3. The number of aliphatic hydroxyl groups is 1. The summed E-state index contributed by atoms with van der Waals surface area (Å²) in [6.07, 6.45) is 5.68. The highest BCUT2D eigenvalue weighted by molar-refractivity contribution is 5.77. The maximum absolute atomic E-state index is 12.9. The molecule has 1 fully saturated rings. The summed E-state index contributed by atoms with van der Waals surface area (Å²) in [4.78, 5) is 12.4. The van der Waals surface area contributed by atoms with Crippen LogP contribution in [0.15, 0.2) is 24.3 Å². The van der Waals surface area contributed by atoms with Gasteiger partial charge in [-0.3, -0.25) is 4.79 Å². The van der Waals surface area contributed by atoms with Gasteiger partial charge in [0, 0.05) is 12.5 Å². The fourth-order valence-electron chi connectivity index (χ4n) is 3.64. The summed E-state index contributed by atoms with van der Waals surface area (Å²) in [6.45, 7) is 2.42. The summed E-state index contributed by atoms with van der Waals surface area (Å²) < 4.78 is 12.9. The van der Waals surface area contributed by atoms with Crippen molar-refractivity contribution in [1.82, 2.24) is 5.32 Å². The number of rotatable bonds is 7. The van der Waals surface area contributed by atoms with Crippen LogP contribution in [-0.4, -0.2) is 23.6 Å². The summed E-state index contributed by atoms with van der Waals surface area (Å²) in [5.41, 5.74) is 6.53. The molecule has 2 unspecified atom stereocenters. The quantitative estimate of drug-likeness (QED) is 0.716. The molecule has 2 rings (SSSR count). The molecular formula is C19H29FN2O2. The lowest BCUT2D eigenvalue weighted by molar-refractivity contribution is -0.124. The highest BCUT2D eigenvalue weighted by atomic mass is 19.1. The highest BCUT2D eigenvalue weighted by Gasteiger charge is 2.33. The van der Waals surface area contributed by atoms with Crippen molar-refractivity contribution < 1.29 is 14.3 Å². The first kappa shape index (κ1) is 18.9. The maximum Gasteiger partial charge on any atom is 0.220 e. The number of amides is 1. The predicted molar refractivity (Wildman–Crippen MR) is 92.8 cm³/mol. The van der Waals surface area contributed by atoms with Crippen LogP contribution in [-0.2, 0) is 4.79 Å². The minimum atomic E-state index is -0.723. The van der Waals surface area contributed by atoms with Crippen molar-refractivity contribution in [3.63, 3.8) is 0 Å². The smallest absolute Gasteiger partial charge is 0.220 e. The zero-order valence-corrected chi connectivity index (χ0v) is 14.4. The zero-order valence-electron chi connectivity index (χ0n) is 14.4. The van der Waals surface area contributed by atoms with E-state index in [0.29, 0.717) is 24.9 Å². The van der Waals surface area contributed by atoms with Crippen molar-refractivity contribution in [2.24, 2.45) is 11.1 Å². The van der Waals surface area contributed by atoms with E-state index in [9.17, 15) is 14.3 Å². The van der Waals surface area contributed by atoms with E-state index in [-0.39, 0.29) is 23.2 Å². The molecule has 4 N–H and O–H groups in total. The molecule has 1 saturated carbocycles. The zero-order chi connectivity index (χ0) is 17.6. The fourth-order valence-corrected chi connectivity index (χ4v) is 3.64. The normalized spacial score (nSPS) is 19.5. The minimum Gasteiger partial charge on any atom is -0.388 e. The molecule has 134 valence electrons. The molecular weight excluding hydrogens is 307 g/mol. The molecule has 0 aliphatic heterocycles. The molecule has 2 atom stereocenters. The van der Waals surface area contributed by atoms with E-state index in [4.69, 9.17) is 5.73 Å². The van der Waals surface area contributed by atoms with Gasteiger partial charge in [0.15, 0.2) is 0 Å². The Morgan fingerprint density at radius 2 is 1.92 bits per heavy atom. The number of carbonyl (C=O) groups excluding carboxylic acids is 1. The Balaban J connectivity index is 1.83. The van der Waals surface area contributed by atoms with E-state index in [2.05, 4.69) is 5.32 Å². The Morgan fingerprint density at radius 1 is 1.29 bits per heavy atom. The van der Waals surface area contributed by atoms with Crippen molar-refractivity contribution in [3.8, 4) is 0 Å². The molecule has 0 radical (unpaired) electrons. The van der Waals surface area contributed by atoms with Crippen molar-refractivity contribution in [2.75, 3.05) is 6.54 Å². The molecule has 0 bridgehead atoms. The molecule has 5 heteroatoms. The number of halogens is 1. The van der Waals surface area contributed by atoms with Gasteiger partial charge in [-0.15, -0.1) is 0 Å². The summed E-state index contributed by atoms with van der Waals surface area (Å²) in [6, 6.07) is 5.64. The average molecular weight is 336 g/mol. The summed E-state index contributed by atoms with van der Waals surface area (Å²) in [5.74, 6) is -0.326. The Morgan fingerprint density at radius 3 is 2.50 bits per heavy atom. The third kappa shape index (κ3) is 5.28. The molecule has 24 heavy (non-hydrogen) atoms. The monoisotopic (exact) mass is 336 g/mol. The lowest BCUT2D eigenvalue weighted by atomic mass is 9.71. The van der Waals surface area contributed by atoms with E-state index in [1.165, 1.54) is 18.6 Å². The maximum atomic E-state index is 12.9. The average Bonchev–Trinajstić information content (AvgIpc) is 2.55. The fraction of sp³-hybridized carbons (Fsp3) is 0.632. The van der Waals surface area contributed by atoms with Gasteiger partial charge in [0.1, 0.15) is 5.82 Å². The Labute approximate surface area is 143 Å². The first-order chi connectivity index (χ1) is 11.4. The molecule has 1 amide bonds. The van der Waals surface area contributed by atoms with Crippen LogP contribution in [0.3, 0.4) is 0 Å². The predicted octanol–water partition coefficient (Wildman–Crippen LogP) is 3.05. The van der Waals surface area contributed by atoms with Gasteiger partial charge in [0.2, 0.25) is 5.91 Å². The Hall–Kier alpha value is -1.46. The number of nitrogens with two attached hydrogens (primary N) is 1. The van der Waals surface area contributed by atoms with E-state index in [0.717, 1.165) is 25.7 Å². The Kier molecular flexibility index (Phi) is 6.75. The second kappa shape index (κ2) is 8.58. The van der Waals surface area contributed by atoms with Crippen LogP contribution in [0.1, 0.15) is 63.5 Å². The minimum absolute atomic E-state index is 0.00107. The third-order valence-electron chi connectivity index (χ3n) is 5.12. The number of benzene rings is 1. The molecule has 4 nitrogen and oxygen atoms in total. The van der Waals surface area contributed by atoms with Gasteiger partial charge in [0.05, 0.1) is 6.10 Å². The molecule has 1 aliphatic carbocycles. The number of nitrogens with one attached hydrogen (secondary N) is 1. The topological polar surface area (TPSA) is 75.3 Å². The van der Waals surface area contributed by atoms with Gasteiger partial charge in [-0.05, 0) is 55.8 Å². The van der Waals surface area contributed by atoms with Gasteiger partial charge in [-0.25, -0.2) is 4.39 Å². The molecule has 0 aromatic heterocycles. The second-order valence-corrected chi connectivity index (χ2v) is 7.21. The standard InChI is InChI=1S/C19H29FN2O2/c1-14(11-17(23)15-5-7-16(20)8-6-15)22-18(24)12-19(13-21)9-3-2-4-10-19/h5-8,14,17,23H,2-4,9-13,21H2,1H3,(H,22,24). The van der Waals surface area contributed by atoms with Crippen LogP contribution in [0.4, 0.5) is 4.39 Å². The van der Waals surface area contributed by atoms with Crippen molar-refractivity contribution in [1.29, 1.82) is 0 Å². The number of aliphatic hydroxyl groups excluding tert-OH is 1. The summed E-state index contributed by atoms with van der Waals surface area (Å²) in [5, 5.41) is 13.2. The third-order valence-corrected chi connectivity index (χ3v) is 5.12. The number of hydrogen-bond donors (Lipinski definition) is 3. The van der Waals surface area contributed by atoms with E-state index < -0.39 is 6.10 Å². The van der Waals surface area contributed by atoms with Crippen molar-refractivity contribution in [2.45, 2.75) is 64.0 Å². The van der Waals surface area contributed by atoms with Gasteiger partial charge < -0.3 is 16.2 Å². The van der Waals surface area contributed by atoms with E-state index in [1.807, 2.05) is 6.92 Å². The first-order valence-corrected chi connectivity index (χ1v) is 8.87. The van der Waals surface area contributed by atoms with Crippen molar-refractivity contribution in [3.05, 3.63) is 35.6 Å². The largest absolute Gasteiger partial charge is 0.388 e. The lowest BCUT2D eigenvalue weighted by Gasteiger charge is -2.36. The molecule has 0 spiro atoms. The van der Waals surface area contributed by atoms with Crippen LogP contribution >= 0.6 is 0 Å². The highest BCUT2D eigenvalue weighted by Crippen LogP contribution is 2.38. The van der Waals surface area contributed by atoms with Crippen LogP contribution in [0.2, 0.25) is 0 Å². The molecule has 0 saturated heterocycles. The number of carbonyl (C=O) groups is 1. The molecule has 1 aromatic carbocycles. The van der Waals surface area contributed by atoms with Gasteiger partial charge >= 0.3 is 0 Å². The molecule has 1 aromatic rings. The lowest BCUT2D eigenvalue weighted by Crippen LogP contribution is -2.41. The molecule has 0 heterocycles. The first-order valence-electron chi connectivity index (χ1n) is 8.87. The van der Waals surface area contributed by atoms with Crippen LogP contribution in [0.25, 0.3) is 0 Å². The van der Waals surface area contributed by atoms with Gasteiger partial charge in [-0.1, -0.05) is 31.4 Å². The van der Waals surface area contributed by atoms with Crippen molar-refractivity contribution >= 4 is 5.91 Å². The van der Waals surface area contributed by atoms with Gasteiger partial charge in [-0.2, -0.15) is 0 Å². The summed E-state index contributed by atoms with van der Waals surface area (Å²) >= 11 is 0. The summed E-state index contributed by atoms with van der Waals surface area (Å²) in [7, 11) is 0. The van der Waals surface area contributed by atoms with Crippen LogP contribution in [0.5, 0.6) is 0 Å². The SMILES string of the molecule is CC(CC(O)c1ccc(F)cc1)NC(=O)CC1(CN)CCCCC1. The van der Waals surface area contributed by atoms with Crippen LogP contribution in [0, 0.1) is 11.2 Å². The second-order valence-electron chi connectivity index (χ2n) is 7.21. The van der Waals surface area contributed by atoms with Gasteiger partial charge in [0.25, 0.3) is 0 Å². The van der Waals surface area contributed by atoms with E-state index in [1.54, 1.807) is 12.1 Å².